The number of hydrogen-bond donors (Lipinski definition) is 1. The van der Waals surface area contributed by atoms with E-state index in [1.807, 2.05) is 30.9 Å². The second-order valence-corrected chi connectivity index (χ2v) is 7.08. The van der Waals surface area contributed by atoms with Crippen molar-refractivity contribution in [1.82, 2.24) is 4.90 Å². The lowest BCUT2D eigenvalue weighted by molar-refractivity contribution is -0.115. The molecular weight excluding hydrogens is 284 g/mol. The molecule has 1 atom stereocenters. The molecule has 1 aliphatic rings. The maximum absolute atomic E-state index is 12.5. The minimum absolute atomic E-state index is 0.00775. The van der Waals surface area contributed by atoms with Crippen LogP contribution in [-0.2, 0) is 4.79 Å². The minimum Gasteiger partial charge on any atom is -0.339 e. The van der Waals surface area contributed by atoms with Gasteiger partial charge in [-0.1, -0.05) is 13.8 Å². The Labute approximate surface area is 130 Å². The number of nitrogens with one attached hydrogen (secondary N) is 1. The van der Waals surface area contributed by atoms with E-state index in [-0.39, 0.29) is 17.1 Å². The van der Waals surface area contributed by atoms with Gasteiger partial charge in [-0.3, -0.25) is 9.59 Å². The van der Waals surface area contributed by atoms with Crippen molar-refractivity contribution in [3.8, 4) is 0 Å². The molecule has 1 N–H and O–H groups in total. The van der Waals surface area contributed by atoms with Crippen molar-refractivity contribution in [2.45, 2.75) is 37.8 Å². The molecule has 21 heavy (non-hydrogen) atoms. The van der Waals surface area contributed by atoms with Gasteiger partial charge < -0.3 is 10.2 Å². The SMILES string of the molecule is CCN(CC(C)C)C(=O)c1ccc2c(c1)NC(=O)C(C)S2. The number of carbonyl (C=O) groups excluding carboxylic acids is 2. The van der Waals surface area contributed by atoms with Crippen LogP contribution < -0.4 is 5.32 Å². The molecule has 1 unspecified atom stereocenters. The number of carbonyl (C=O) groups is 2. The van der Waals surface area contributed by atoms with Gasteiger partial charge in [-0.05, 0) is 38.0 Å². The van der Waals surface area contributed by atoms with E-state index in [1.165, 1.54) is 11.8 Å². The topological polar surface area (TPSA) is 49.4 Å². The Morgan fingerprint density at radius 3 is 2.76 bits per heavy atom. The molecule has 0 bridgehead atoms. The number of rotatable bonds is 4. The third kappa shape index (κ3) is 3.59. The molecule has 2 rings (SSSR count). The molecule has 1 aliphatic heterocycles. The average Bonchev–Trinajstić information content (AvgIpc) is 2.44. The molecule has 0 aromatic heterocycles. The van der Waals surface area contributed by atoms with E-state index < -0.39 is 0 Å². The molecule has 0 aliphatic carbocycles. The highest BCUT2D eigenvalue weighted by atomic mass is 32.2. The van der Waals surface area contributed by atoms with Crippen molar-refractivity contribution in [2.24, 2.45) is 5.92 Å². The molecule has 4 nitrogen and oxygen atoms in total. The second kappa shape index (κ2) is 6.52. The fourth-order valence-electron chi connectivity index (χ4n) is 2.32. The van der Waals surface area contributed by atoms with Gasteiger partial charge in [-0.25, -0.2) is 0 Å². The summed E-state index contributed by atoms with van der Waals surface area (Å²) in [7, 11) is 0. The van der Waals surface area contributed by atoms with Gasteiger partial charge in [0, 0.05) is 23.5 Å². The van der Waals surface area contributed by atoms with Gasteiger partial charge >= 0.3 is 0 Å². The summed E-state index contributed by atoms with van der Waals surface area (Å²) in [4.78, 5) is 27.2. The van der Waals surface area contributed by atoms with Crippen molar-refractivity contribution >= 4 is 29.3 Å². The number of nitrogens with zero attached hydrogens (tertiary/aromatic N) is 1. The first-order chi connectivity index (χ1) is 9.92. The molecule has 0 radical (unpaired) electrons. The van der Waals surface area contributed by atoms with Crippen LogP contribution in [0.1, 0.15) is 38.1 Å². The predicted molar refractivity (Wildman–Crippen MR) is 86.8 cm³/mol. The largest absolute Gasteiger partial charge is 0.339 e. The zero-order valence-electron chi connectivity index (χ0n) is 13.0. The first kappa shape index (κ1) is 15.9. The minimum atomic E-state index is -0.0906. The third-order valence-electron chi connectivity index (χ3n) is 3.41. The van der Waals surface area contributed by atoms with Crippen LogP contribution in [0.5, 0.6) is 0 Å². The van der Waals surface area contributed by atoms with Crippen LogP contribution in [0.2, 0.25) is 0 Å². The molecule has 0 saturated carbocycles. The summed E-state index contributed by atoms with van der Waals surface area (Å²) in [6.45, 7) is 9.49. The molecule has 1 aromatic rings. The van der Waals surface area contributed by atoms with Crippen molar-refractivity contribution in [3.05, 3.63) is 23.8 Å². The van der Waals surface area contributed by atoms with Gasteiger partial charge in [-0.15, -0.1) is 11.8 Å². The van der Waals surface area contributed by atoms with Gasteiger partial charge in [-0.2, -0.15) is 0 Å². The summed E-state index contributed by atoms with van der Waals surface area (Å²) in [5.41, 5.74) is 1.38. The number of thioether (sulfide) groups is 1. The summed E-state index contributed by atoms with van der Waals surface area (Å²) in [5.74, 6) is 0.445. The summed E-state index contributed by atoms with van der Waals surface area (Å²) >= 11 is 1.53. The Kier molecular flexibility index (Phi) is 4.93. The number of amides is 2. The summed E-state index contributed by atoms with van der Waals surface area (Å²) in [6, 6.07) is 5.56. The summed E-state index contributed by atoms with van der Waals surface area (Å²) in [5, 5.41) is 2.78. The Bertz CT molecular complexity index is 557. The van der Waals surface area contributed by atoms with Crippen LogP contribution in [0.15, 0.2) is 23.1 Å². The number of anilines is 1. The lowest BCUT2D eigenvalue weighted by Gasteiger charge is -2.25. The molecule has 0 saturated heterocycles. The van der Waals surface area contributed by atoms with E-state index in [1.54, 1.807) is 6.07 Å². The maximum Gasteiger partial charge on any atom is 0.253 e. The van der Waals surface area contributed by atoms with E-state index in [0.717, 1.165) is 17.1 Å². The molecule has 1 aromatic carbocycles. The van der Waals surface area contributed by atoms with Gasteiger partial charge in [0.1, 0.15) is 0 Å². The van der Waals surface area contributed by atoms with Gasteiger partial charge in [0.05, 0.1) is 10.9 Å². The highest BCUT2D eigenvalue weighted by Gasteiger charge is 2.24. The molecule has 0 fully saturated rings. The van der Waals surface area contributed by atoms with Crippen molar-refractivity contribution in [1.29, 1.82) is 0 Å². The van der Waals surface area contributed by atoms with Crippen LogP contribution in [0.4, 0.5) is 5.69 Å². The number of hydrogen-bond acceptors (Lipinski definition) is 3. The Morgan fingerprint density at radius 1 is 1.43 bits per heavy atom. The normalized spacial score (nSPS) is 17.4. The molecular formula is C16H22N2O2S. The maximum atomic E-state index is 12.5. The predicted octanol–water partition coefficient (Wildman–Crippen LogP) is 3.24. The van der Waals surface area contributed by atoms with Crippen LogP contribution in [0, 0.1) is 5.92 Å². The lowest BCUT2D eigenvalue weighted by Crippen LogP contribution is -2.34. The van der Waals surface area contributed by atoms with Crippen LogP contribution in [0.25, 0.3) is 0 Å². The van der Waals surface area contributed by atoms with Crippen molar-refractivity contribution in [3.63, 3.8) is 0 Å². The summed E-state index contributed by atoms with van der Waals surface area (Å²) < 4.78 is 0. The van der Waals surface area contributed by atoms with E-state index in [4.69, 9.17) is 0 Å². The smallest absolute Gasteiger partial charge is 0.253 e. The van der Waals surface area contributed by atoms with E-state index in [9.17, 15) is 9.59 Å². The van der Waals surface area contributed by atoms with Gasteiger partial charge in [0.25, 0.3) is 5.91 Å². The van der Waals surface area contributed by atoms with Gasteiger partial charge in [0.15, 0.2) is 0 Å². The fourth-order valence-corrected chi connectivity index (χ4v) is 3.25. The number of fused-ring (bicyclic) bond motifs is 1. The molecule has 5 heteroatoms. The highest BCUT2D eigenvalue weighted by molar-refractivity contribution is 8.00. The summed E-state index contributed by atoms with van der Waals surface area (Å²) in [6.07, 6.45) is 0. The molecule has 0 spiro atoms. The zero-order valence-corrected chi connectivity index (χ0v) is 13.8. The standard InChI is InChI=1S/C16H22N2O2S/c1-5-18(9-10(2)3)16(20)12-6-7-14-13(8-12)17-15(19)11(4)21-14/h6-8,10-11H,5,9H2,1-4H3,(H,17,19). The highest BCUT2D eigenvalue weighted by Crippen LogP contribution is 2.36. The van der Waals surface area contributed by atoms with Crippen molar-refractivity contribution in [2.75, 3.05) is 18.4 Å². The van der Waals surface area contributed by atoms with Crippen molar-refractivity contribution < 1.29 is 9.59 Å². The molecule has 2 amide bonds. The van der Waals surface area contributed by atoms with Crippen LogP contribution >= 0.6 is 11.8 Å². The lowest BCUT2D eigenvalue weighted by atomic mass is 10.1. The Balaban J connectivity index is 2.23. The van der Waals surface area contributed by atoms with E-state index in [0.29, 0.717) is 18.0 Å². The molecule has 1 heterocycles. The first-order valence-electron chi connectivity index (χ1n) is 7.33. The fraction of sp³-hybridized carbons (Fsp3) is 0.500. The third-order valence-corrected chi connectivity index (χ3v) is 4.59. The second-order valence-electron chi connectivity index (χ2n) is 5.70. The van der Waals surface area contributed by atoms with Crippen LogP contribution in [0.3, 0.4) is 0 Å². The number of benzene rings is 1. The zero-order chi connectivity index (χ0) is 15.6. The monoisotopic (exact) mass is 306 g/mol. The molecule has 114 valence electrons. The van der Waals surface area contributed by atoms with Crippen LogP contribution in [-0.4, -0.2) is 35.1 Å². The average molecular weight is 306 g/mol. The Morgan fingerprint density at radius 2 is 2.14 bits per heavy atom. The Hall–Kier alpha value is -1.49. The quantitative estimate of drug-likeness (QED) is 0.929. The first-order valence-corrected chi connectivity index (χ1v) is 8.21. The van der Waals surface area contributed by atoms with E-state index in [2.05, 4.69) is 19.2 Å². The van der Waals surface area contributed by atoms with Gasteiger partial charge in [0.2, 0.25) is 5.91 Å². The van der Waals surface area contributed by atoms with E-state index >= 15 is 0 Å².